The highest BCUT2D eigenvalue weighted by atomic mass is 16.2. The zero-order valence-corrected chi connectivity index (χ0v) is 13.8. The number of carbonyl (C=O) groups is 1. The molecule has 0 atom stereocenters. The number of anilines is 1. The summed E-state index contributed by atoms with van der Waals surface area (Å²) < 4.78 is 1.73. The van der Waals surface area contributed by atoms with E-state index in [0.29, 0.717) is 12.6 Å². The van der Waals surface area contributed by atoms with Gasteiger partial charge < -0.3 is 5.32 Å². The van der Waals surface area contributed by atoms with E-state index in [1.54, 1.807) is 4.68 Å². The van der Waals surface area contributed by atoms with Crippen molar-refractivity contribution >= 4 is 11.7 Å². The first-order valence-corrected chi connectivity index (χ1v) is 7.11. The van der Waals surface area contributed by atoms with Crippen molar-refractivity contribution in [3.05, 3.63) is 11.8 Å². The molecule has 0 aliphatic heterocycles. The number of amides is 1. The van der Waals surface area contributed by atoms with E-state index >= 15 is 0 Å². The predicted octanol–water partition coefficient (Wildman–Crippen LogP) is 2.29. The minimum atomic E-state index is -0.00786. The van der Waals surface area contributed by atoms with Gasteiger partial charge in [0.25, 0.3) is 0 Å². The molecule has 0 radical (unpaired) electrons. The second-order valence-corrected chi connectivity index (χ2v) is 6.94. The maximum Gasteiger partial charge on any atom is 0.239 e. The van der Waals surface area contributed by atoms with Crippen molar-refractivity contribution in [2.75, 3.05) is 18.9 Å². The molecule has 0 fully saturated rings. The standard InChI is InChI=1S/C15H28N4O/c1-11(2)18(6)10-14(20)16-13-8-12(17-19(13)7)9-15(3,4)5/h8,11H,9-10H2,1-7H3,(H,16,20). The Morgan fingerprint density at radius 2 is 2.05 bits per heavy atom. The fourth-order valence-electron chi connectivity index (χ4n) is 1.86. The molecule has 0 spiro atoms. The average Bonchev–Trinajstić information content (AvgIpc) is 2.55. The van der Waals surface area contributed by atoms with Crippen LogP contribution in [0.15, 0.2) is 6.07 Å². The summed E-state index contributed by atoms with van der Waals surface area (Å²) in [7, 11) is 3.80. The molecule has 114 valence electrons. The lowest BCUT2D eigenvalue weighted by atomic mass is 9.91. The van der Waals surface area contributed by atoms with Crippen LogP contribution in [0.5, 0.6) is 0 Å². The SMILES string of the molecule is CC(C)N(C)CC(=O)Nc1cc(CC(C)(C)C)nn1C. The number of hydrogen-bond acceptors (Lipinski definition) is 3. The molecule has 5 nitrogen and oxygen atoms in total. The van der Waals surface area contributed by atoms with Gasteiger partial charge >= 0.3 is 0 Å². The fraction of sp³-hybridized carbons (Fsp3) is 0.733. The first-order valence-electron chi connectivity index (χ1n) is 7.11. The van der Waals surface area contributed by atoms with E-state index in [1.807, 2.05) is 25.1 Å². The zero-order chi connectivity index (χ0) is 15.5. The van der Waals surface area contributed by atoms with E-state index in [9.17, 15) is 4.79 Å². The monoisotopic (exact) mass is 280 g/mol. The quantitative estimate of drug-likeness (QED) is 0.900. The second kappa shape index (κ2) is 6.39. The Labute approximate surface area is 122 Å². The molecule has 20 heavy (non-hydrogen) atoms. The van der Waals surface area contributed by atoms with Crippen LogP contribution in [-0.2, 0) is 18.3 Å². The van der Waals surface area contributed by atoms with Gasteiger partial charge in [-0.3, -0.25) is 14.4 Å². The van der Waals surface area contributed by atoms with E-state index in [0.717, 1.165) is 17.9 Å². The third kappa shape index (κ3) is 5.33. The average molecular weight is 280 g/mol. The third-order valence-electron chi connectivity index (χ3n) is 3.18. The van der Waals surface area contributed by atoms with Gasteiger partial charge in [0.15, 0.2) is 0 Å². The largest absolute Gasteiger partial charge is 0.310 e. The van der Waals surface area contributed by atoms with Crippen molar-refractivity contribution in [1.29, 1.82) is 0 Å². The number of nitrogens with one attached hydrogen (secondary N) is 1. The van der Waals surface area contributed by atoms with Gasteiger partial charge in [0, 0.05) is 19.2 Å². The third-order valence-corrected chi connectivity index (χ3v) is 3.18. The Kier molecular flexibility index (Phi) is 5.34. The van der Waals surface area contributed by atoms with Gasteiger partial charge in [-0.25, -0.2) is 0 Å². The molecule has 1 N–H and O–H groups in total. The summed E-state index contributed by atoms with van der Waals surface area (Å²) in [5.74, 6) is 0.748. The number of aryl methyl sites for hydroxylation is 1. The molecule has 1 aromatic rings. The van der Waals surface area contributed by atoms with Crippen LogP contribution in [0, 0.1) is 5.41 Å². The summed E-state index contributed by atoms with van der Waals surface area (Å²) in [5, 5.41) is 7.37. The molecule has 1 heterocycles. The summed E-state index contributed by atoms with van der Waals surface area (Å²) >= 11 is 0. The minimum absolute atomic E-state index is 0.00786. The highest BCUT2D eigenvalue weighted by Gasteiger charge is 2.16. The number of likely N-dealkylation sites (N-methyl/N-ethyl adjacent to an activating group) is 1. The number of carbonyl (C=O) groups excluding carboxylic acids is 1. The van der Waals surface area contributed by atoms with Crippen LogP contribution in [0.25, 0.3) is 0 Å². The van der Waals surface area contributed by atoms with Gasteiger partial charge in [-0.1, -0.05) is 20.8 Å². The van der Waals surface area contributed by atoms with Crippen molar-refractivity contribution in [2.24, 2.45) is 12.5 Å². The molecular weight excluding hydrogens is 252 g/mol. The smallest absolute Gasteiger partial charge is 0.239 e. The maximum absolute atomic E-state index is 12.0. The molecule has 0 bridgehead atoms. The highest BCUT2D eigenvalue weighted by Crippen LogP contribution is 2.21. The lowest BCUT2D eigenvalue weighted by Gasteiger charge is -2.20. The molecule has 5 heteroatoms. The Hall–Kier alpha value is -1.36. The summed E-state index contributed by atoms with van der Waals surface area (Å²) in [6.45, 7) is 11.1. The number of rotatable bonds is 5. The Morgan fingerprint density at radius 3 is 2.55 bits per heavy atom. The molecule has 1 rings (SSSR count). The van der Waals surface area contributed by atoms with Crippen LogP contribution in [-0.4, -0.2) is 40.2 Å². The van der Waals surface area contributed by atoms with Gasteiger partial charge in [0.05, 0.1) is 12.2 Å². The zero-order valence-electron chi connectivity index (χ0n) is 13.8. The first kappa shape index (κ1) is 16.7. The van der Waals surface area contributed by atoms with Crippen molar-refractivity contribution in [1.82, 2.24) is 14.7 Å². The molecule has 0 saturated carbocycles. The van der Waals surface area contributed by atoms with E-state index < -0.39 is 0 Å². The maximum atomic E-state index is 12.0. The van der Waals surface area contributed by atoms with Gasteiger partial charge in [-0.15, -0.1) is 0 Å². The van der Waals surface area contributed by atoms with Crippen LogP contribution < -0.4 is 5.32 Å². The van der Waals surface area contributed by atoms with Gasteiger partial charge in [-0.05, 0) is 32.7 Å². The predicted molar refractivity (Wildman–Crippen MR) is 82.8 cm³/mol. The summed E-state index contributed by atoms with van der Waals surface area (Å²) in [6, 6.07) is 2.31. The molecule has 0 aliphatic rings. The van der Waals surface area contributed by atoms with Gasteiger partial charge in [0.2, 0.25) is 5.91 Å². The van der Waals surface area contributed by atoms with E-state index in [2.05, 4.69) is 45.0 Å². The normalized spacial score (nSPS) is 12.2. The Morgan fingerprint density at radius 1 is 1.45 bits per heavy atom. The van der Waals surface area contributed by atoms with Crippen LogP contribution in [0.4, 0.5) is 5.82 Å². The van der Waals surface area contributed by atoms with Crippen LogP contribution >= 0.6 is 0 Å². The number of nitrogens with zero attached hydrogens (tertiary/aromatic N) is 3. The first-order chi connectivity index (χ1) is 9.08. The Bertz CT molecular complexity index is 457. The Balaban J connectivity index is 2.66. The van der Waals surface area contributed by atoms with E-state index in [-0.39, 0.29) is 11.3 Å². The molecule has 1 amide bonds. The van der Waals surface area contributed by atoms with Crippen LogP contribution in [0.2, 0.25) is 0 Å². The van der Waals surface area contributed by atoms with Crippen molar-refractivity contribution < 1.29 is 4.79 Å². The lowest BCUT2D eigenvalue weighted by molar-refractivity contribution is -0.117. The summed E-state index contributed by atoms with van der Waals surface area (Å²) in [5.41, 5.74) is 1.19. The number of hydrogen-bond donors (Lipinski definition) is 1. The van der Waals surface area contributed by atoms with Crippen molar-refractivity contribution in [2.45, 2.75) is 47.1 Å². The summed E-state index contributed by atoms with van der Waals surface area (Å²) in [4.78, 5) is 14.0. The topological polar surface area (TPSA) is 50.2 Å². The molecular formula is C15H28N4O. The fourth-order valence-corrected chi connectivity index (χ4v) is 1.86. The van der Waals surface area contributed by atoms with Crippen LogP contribution in [0.1, 0.15) is 40.3 Å². The van der Waals surface area contributed by atoms with Crippen molar-refractivity contribution in [3.63, 3.8) is 0 Å². The van der Waals surface area contributed by atoms with E-state index in [4.69, 9.17) is 0 Å². The number of aromatic nitrogens is 2. The second-order valence-electron chi connectivity index (χ2n) is 6.94. The summed E-state index contributed by atoms with van der Waals surface area (Å²) in [6.07, 6.45) is 0.891. The van der Waals surface area contributed by atoms with Gasteiger partial charge in [-0.2, -0.15) is 5.10 Å². The van der Waals surface area contributed by atoms with Gasteiger partial charge in [0.1, 0.15) is 5.82 Å². The van der Waals surface area contributed by atoms with E-state index in [1.165, 1.54) is 0 Å². The molecule has 0 aliphatic carbocycles. The minimum Gasteiger partial charge on any atom is -0.310 e. The lowest BCUT2D eigenvalue weighted by Crippen LogP contribution is -2.35. The van der Waals surface area contributed by atoms with Crippen LogP contribution in [0.3, 0.4) is 0 Å². The molecule has 0 saturated heterocycles. The molecule has 0 aromatic carbocycles. The molecule has 1 aromatic heterocycles. The van der Waals surface area contributed by atoms with Crippen molar-refractivity contribution in [3.8, 4) is 0 Å². The molecule has 0 unspecified atom stereocenters. The highest BCUT2D eigenvalue weighted by molar-refractivity contribution is 5.91.